The van der Waals surface area contributed by atoms with Gasteiger partial charge in [-0.25, -0.2) is 0 Å². The van der Waals surface area contributed by atoms with E-state index in [1.807, 2.05) is 31.1 Å². The Bertz CT molecular complexity index is 455. The minimum atomic E-state index is 0.0907. The van der Waals surface area contributed by atoms with Gasteiger partial charge in [-0.1, -0.05) is 23.1 Å². The third-order valence-electron chi connectivity index (χ3n) is 2.10. The summed E-state index contributed by atoms with van der Waals surface area (Å²) in [7, 11) is 3.89. The van der Waals surface area contributed by atoms with Gasteiger partial charge in [0.05, 0.1) is 11.5 Å². The molecule has 0 saturated carbocycles. The van der Waals surface area contributed by atoms with Gasteiger partial charge in [-0.2, -0.15) is 0 Å². The highest BCUT2D eigenvalue weighted by Gasteiger charge is 2.17. The largest absolute Gasteiger partial charge is 0.468 e. The second kappa shape index (κ2) is 5.52. The van der Waals surface area contributed by atoms with Gasteiger partial charge in [-0.3, -0.25) is 0 Å². The molecule has 0 aromatic carbocycles. The average Bonchev–Trinajstić information content (AvgIpc) is 2.96. The normalized spacial score (nSPS) is 12.6. The Morgan fingerprint density at radius 2 is 2.35 bits per heavy atom. The number of furan rings is 1. The third kappa shape index (κ3) is 2.99. The minimum absolute atomic E-state index is 0.0907. The van der Waals surface area contributed by atoms with E-state index in [-0.39, 0.29) is 5.25 Å². The number of rotatable bonds is 5. The highest BCUT2D eigenvalue weighted by Crippen LogP contribution is 2.37. The second-order valence-electron chi connectivity index (χ2n) is 3.60. The van der Waals surface area contributed by atoms with E-state index < -0.39 is 0 Å². The molecule has 0 saturated heterocycles. The van der Waals surface area contributed by atoms with Gasteiger partial charge in [0, 0.05) is 20.6 Å². The molecule has 2 N–H and O–H groups in total. The van der Waals surface area contributed by atoms with E-state index in [1.54, 1.807) is 29.4 Å². The molecule has 92 valence electrons. The van der Waals surface area contributed by atoms with E-state index in [4.69, 9.17) is 10.2 Å². The number of anilines is 1. The average molecular weight is 270 g/mol. The van der Waals surface area contributed by atoms with Crippen LogP contribution in [0.1, 0.15) is 11.0 Å². The molecule has 2 aromatic heterocycles. The zero-order chi connectivity index (χ0) is 12.3. The van der Waals surface area contributed by atoms with Gasteiger partial charge < -0.3 is 15.1 Å². The van der Waals surface area contributed by atoms with Crippen LogP contribution in [0, 0.1) is 0 Å². The van der Waals surface area contributed by atoms with Crippen molar-refractivity contribution in [2.75, 3.05) is 25.5 Å². The lowest BCUT2D eigenvalue weighted by Gasteiger charge is -2.08. The lowest BCUT2D eigenvalue weighted by Crippen LogP contribution is -2.08. The maximum Gasteiger partial charge on any atom is 0.208 e. The van der Waals surface area contributed by atoms with Crippen molar-refractivity contribution in [1.29, 1.82) is 0 Å². The summed E-state index contributed by atoms with van der Waals surface area (Å²) in [4.78, 5) is 1.94. The summed E-state index contributed by atoms with van der Waals surface area (Å²) < 4.78 is 6.26. The molecule has 2 rings (SSSR count). The van der Waals surface area contributed by atoms with Gasteiger partial charge in [0.15, 0.2) is 4.34 Å². The van der Waals surface area contributed by atoms with Gasteiger partial charge in [0.2, 0.25) is 5.13 Å². The van der Waals surface area contributed by atoms with Gasteiger partial charge >= 0.3 is 0 Å². The van der Waals surface area contributed by atoms with Crippen molar-refractivity contribution in [3.8, 4) is 0 Å². The molecule has 0 aliphatic carbocycles. The first kappa shape index (κ1) is 12.4. The maximum atomic E-state index is 5.74. The Kier molecular flexibility index (Phi) is 4.03. The summed E-state index contributed by atoms with van der Waals surface area (Å²) in [6.45, 7) is 0.509. The van der Waals surface area contributed by atoms with E-state index in [0.29, 0.717) is 6.54 Å². The van der Waals surface area contributed by atoms with Crippen LogP contribution in [0.5, 0.6) is 0 Å². The summed E-state index contributed by atoms with van der Waals surface area (Å²) in [5, 5.41) is 9.20. The number of thioether (sulfide) groups is 1. The Labute approximate surface area is 108 Å². The molecule has 17 heavy (non-hydrogen) atoms. The van der Waals surface area contributed by atoms with Crippen LogP contribution in [0.3, 0.4) is 0 Å². The van der Waals surface area contributed by atoms with Crippen LogP contribution >= 0.6 is 23.1 Å². The van der Waals surface area contributed by atoms with Crippen molar-refractivity contribution < 1.29 is 4.42 Å². The predicted octanol–water partition coefficient (Wildman–Crippen LogP) is 1.99. The van der Waals surface area contributed by atoms with Crippen molar-refractivity contribution >= 4 is 28.2 Å². The van der Waals surface area contributed by atoms with Crippen LogP contribution in [0.4, 0.5) is 5.13 Å². The van der Waals surface area contributed by atoms with E-state index >= 15 is 0 Å². The summed E-state index contributed by atoms with van der Waals surface area (Å²) in [5.41, 5.74) is 5.74. The van der Waals surface area contributed by atoms with Crippen molar-refractivity contribution in [1.82, 2.24) is 10.2 Å². The zero-order valence-corrected chi connectivity index (χ0v) is 11.3. The molecule has 0 aliphatic heterocycles. The Balaban J connectivity index is 2.08. The summed E-state index contributed by atoms with van der Waals surface area (Å²) >= 11 is 3.14. The molecular formula is C10H14N4OS2. The highest BCUT2D eigenvalue weighted by atomic mass is 32.2. The molecule has 2 aromatic rings. The van der Waals surface area contributed by atoms with Crippen molar-refractivity contribution in [2.45, 2.75) is 9.59 Å². The minimum Gasteiger partial charge on any atom is -0.468 e. The van der Waals surface area contributed by atoms with E-state index in [0.717, 1.165) is 15.2 Å². The molecule has 2 heterocycles. The molecular weight excluding hydrogens is 256 g/mol. The van der Waals surface area contributed by atoms with Gasteiger partial charge in [-0.15, -0.1) is 10.2 Å². The quantitative estimate of drug-likeness (QED) is 0.838. The Morgan fingerprint density at radius 3 is 2.88 bits per heavy atom. The van der Waals surface area contributed by atoms with Crippen LogP contribution in [0.2, 0.25) is 0 Å². The Hall–Kier alpha value is -1.05. The summed E-state index contributed by atoms with van der Waals surface area (Å²) in [5.74, 6) is 0.874. The zero-order valence-electron chi connectivity index (χ0n) is 9.66. The number of nitrogens with two attached hydrogens (primary N) is 1. The van der Waals surface area contributed by atoms with Crippen LogP contribution in [0.25, 0.3) is 0 Å². The number of hydrogen-bond donors (Lipinski definition) is 1. The number of aromatic nitrogens is 2. The molecule has 0 bridgehead atoms. The molecule has 1 atom stereocenters. The first-order valence-corrected chi connectivity index (χ1v) is 6.81. The monoisotopic (exact) mass is 270 g/mol. The van der Waals surface area contributed by atoms with Crippen molar-refractivity contribution in [2.24, 2.45) is 5.73 Å². The predicted molar refractivity (Wildman–Crippen MR) is 70.6 cm³/mol. The number of nitrogens with zero attached hydrogens (tertiary/aromatic N) is 3. The summed E-state index contributed by atoms with van der Waals surface area (Å²) in [6.07, 6.45) is 1.66. The lowest BCUT2D eigenvalue weighted by molar-refractivity contribution is 0.507. The fraction of sp³-hybridized carbons (Fsp3) is 0.400. The van der Waals surface area contributed by atoms with Crippen LogP contribution in [-0.4, -0.2) is 30.8 Å². The first-order valence-electron chi connectivity index (χ1n) is 5.11. The molecule has 0 radical (unpaired) electrons. The fourth-order valence-electron chi connectivity index (χ4n) is 1.25. The molecule has 1 unspecified atom stereocenters. The topological polar surface area (TPSA) is 68.2 Å². The van der Waals surface area contributed by atoms with Gasteiger partial charge in [-0.05, 0) is 12.1 Å². The molecule has 5 nitrogen and oxygen atoms in total. The Morgan fingerprint density at radius 1 is 1.53 bits per heavy atom. The molecule has 0 fully saturated rings. The number of hydrogen-bond acceptors (Lipinski definition) is 7. The van der Waals surface area contributed by atoms with Crippen molar-refractivity contribution in [3.05, 3.63) is 24.2 Å². The van der Waals surface area contributed by atoms with Crippen LogP contribution in [0.15, 0.2) is 27.2 Å². The maximum absolute atomic E-state index is 5.74. The third-order valence-corrected chi connectivity index (χ3v) is 4.51. The fourth-order valence-corrected chi connectivity index (χ4v) is 3.19. The van der Waals surface area contributed by atoms with E-state index in [2.05, 4.69) is 10.2 Å². The molecule has 7 heteroatoms. The van der Waals surface area contributed by atoms with E-state index in [9.17, 15) is 0 Å². The van der Waals surface area contributed by atoms with Crippen LogP contribution < -0.4 is 10.6 Å². The molecule has 0 spiro atoms. The SMILES string of the molecule is CN(C)c1nnc(SC(CN)c2ccco2)s1. The second-order valence-corrected chi connectivity index (χ2v) is 6.01. The van der Waals surface area contributed by atoms with Gasteiger partial charge in [0.25, 0.3) is 0 Å². The molecule has 0 aliphatic rings. The molecule has 0 amide bonds. The smallest absolute Gasteiger partial charge is 0.208 e. The van der Waals surface area contributed by atoms with E-state index in [1.165, 1.54) is 0 Å². The first-order chi connectivity index (χ1) is 8.20. The van der Waals surface area contributed by atoms with Gasteiger partial charge in [0.1, 0.15) is 5.76 Å². The van der Waals surface area contributed by atoms with Crippen molar-refractivity contribution in [3.63, 3.8) is 0 Å². The summed E-state index contributed by atoms with van der Waals surface area (Å²) in [6, 6.07) is 3.79. The van der Waals surface area contributed by atoms with Crippen LogP contribution in [-0.2, 0) is 0 Å². The lowest BCUT2D eigenvalue weighted by atomic mass is 10.3. The highest BCUT2D eigenvalue weighted by molar-refractivity contribution is 8.01. The standard InChI is InChI=1S/C10H14N4OS2/c1-14(2)9-12-13-10(17-9)16-8(6-11)7-4-3-5-15-7/h3-5,8H,6,11H2,1-2H3.